The summed E-state index contributed by atoms with van der Waals surface area (Å²) < 4.78 is 10.2. The Morgan fingerprint density at radius 2 is 2.11 bits per heavy atom. The number of esters is 1. The lowest BCUT2D eigenvalue weighted by Crippen LogP contribution is -2.22. The molecule has 100 valence electrons. The van der Waals surface area contributed by atoms with Crippen molar-refractivity contribution >= 4 is 17.3 Å². The van der Waals surface area contributed by atoms with E-state index in [0.29, 0.717) is 17.9 Å². The third kappa shape index (κ3) is 3.63. The summed E-state index contributed by atoms with van der Waals surface area (Å²) in [5.41, 5.74) is 7.48. The normalized spacial score (nSPS) is 12.0. The van der Waals surface area contributed by atoms with Crippen LogP contribution in [0.4, 0.5) is 11.4 Å². The highest BCUT2D eigenvalue weighted by molar-refractivity contribution is 5.97. The molecule has 1 atom stereocenters. The minimum absolute atomic E-state index is 0.293. The summed E-state index contributed by atoms with van der Waals surface area (Å²) in [6.45, 7) is 2.15. The van der Waals surface area contributed by atoms with E-state index in [2.05, 4.69) is 0 Å². The molecule has 0 aromatic heterocycles. The zero-order chi connectivity index (χ0) is 13.7. The van der Waals surface area contributed by atoms with Crippen LogP contribution in [0.15, 0.2) is 18.2 Å². The highest BCUT2D eigenvalue weighted by Gasteiger charge is 2.17. The smallest absolute Gasteiger partial charge is 0.340 e. The van der Waals surface area contributed by atoms with Crippen molar-refractivity contribution in [2.24, 2.45) is 0 Å². The standard InChI is InChI=1S/C13H20N2O3/c1-9(8-17-4)18-13(16)11-7-10(14)5-6-12(11)15(2)3/h5-7,9H,8,14H2,1-4H3. The lowest BCUT2D eigenvalue weighted by Gasteiger charge is -2.19. The quantitative estimate of drug-likeness (QED) is 0.636. The summed E-state index contributed by atoms with van der Waals surface area (Å²) >= 11 is 0. The minimum Gasteiger partial charge on any atom is -0.457 e. The van der Waals surface area contributed by atoms with E-state index in [1.165, 1.54) is 0 Å². The maximum absolute atomic E-state index is 12.0. The first kappa shape index (κ1) is 14.3. The van der Waals surface area contributed by atoms with E-state index in [-0.39, 0.29) is 6.10 Å². The van der Waals surface area contributed by atoms with Gasteiger partial charge in [-0.25, -0.2) is 4.79 Å². The fourth-order valence-corrected chi connectivity index (χ4v) is 1.62. The molecule has 0 amide bonds. The Labute approximate surface area is 107 Å². The molecular formula is C13H20N2O3. The largest absolute Gasteiger partial charge is 0.457 e. The first-order chi connectivity index (χ1) is 8.45. The van der Waals surface area contributed by atoms with Crippen LogP contribution in [-0.2, 0) is 9.47 Å². The number of nitrogens with two attached hydrogens (primary N) is 1. The van der Waals surface area contributed by atoms with E-state index in [1.54, 1.807) is 32.2 Å². The Balaban J connectivity index is 2.93. The Bertz CT molecular complexity index is 419. The second kappa shape index (κ2) is 6.26. The van der Waals surface area contributed by atoms with E-state index in [9.17, 15) is 4.79 Å². The molecule has 0 spiro atoms. The molecule has 18 heavy (non-hydrogen) atoms. The molecule has 0 heterocycles. The molecular weight excluding hydrogens is 232 g/mol. The van der Waals surface area contributed by atoms with Crippen LogP contribution < -0.4 is 10.6 Å². The van der Waals surface area contributed by atoms with E-state index >= 15 is 0 Å². The molecule has 5 heteroatoms. The summed E-state index contributed by atoms with van der Waals surface area (Å²) in [7, 11) is 5.29. The van der Waals surface area contributed by atoms with Crippen LogP contribution in [0, 0.1) is 0 Å². The summed E-state index contributed by atoms with van der Waals surface area (Å²) in [6, 6.07) is 5.18. The topological polar surface area (TPSA) is 64.8 Å². The van der Waals surface area contributed by atoms with Gasteiger partial charge in [0.15, 0.2) is 0 Å². The predicted molar refractivity (Wildman–Crippen MR) is 71.9 cm³/mol. The van der Waals surface area contributed by atoms with Gasteiger partial charge in [-0.3, -0.25) is 0 Å². The third-order valence-electron chi connectivity index (χ3n) is 2.43. The molecule has 0 aliphatic heterocycles. The van der Waals surface area contributed by atoms with Crippen LogP contribution >= 0.6 is 0 Å². The molecule has 0 saturated heterocycles. The molecule has 0 aliphatic carbocycles. The monoisotopic (exact) mass is 252 g/mol. The molecule has 1 rings (SSSR count). The number of rotatable bonds is 5. The van der Waals surface area contributed by atoms with Gasteiger partial charge in [0.1, 0.15) is 6.10 Å². The zero-order valence-corrected chi connectivity index (χ0v) is 11.3. The molecule has 0 fully saturated rings. The predicted octanol–water partition coefficient (Wildman–Crippen LogP) is 1.53. The van der Waals surface area contributed by atoms with E-state index in [1.807, 2.05) is 19.0 Å². The Hall–Kier alpha value is -1.75. The van der Waals surface area contributed by atoms with Crippen LogP contribution in [0.1, 0.15) is 17.3 Å². The molecule has 1 unspecified atom stereocenters. The zero-order valence-electron chi connectivity index (χ0n) is 11.3. The van der Waals surface area contributed by atoms with E-state index < -0.39 is 5.97 Å². The number of hydrogen-bond donors (Lipinski definition) is 1. The fourth-order valence-electron chi connectivity index (χ4n) is 1.62. The van der Waals surface area contributed by atoms with Crippen molar-refractivity contribution in [3.05, 3.63) is 23.8 Å². The summed E-state index contributed by atoms with van der Waals surface area (Å²) in [6.07, 6.45) is -0.293. The van der Waals surface area contributed by atoms with E-state index in [4.69, 9.17) is 15.2 Å². The van der Waals surface area contributed by atoms with Gasteiger partial charge in [0.2, 0.25) is 0 Å². The number of hydrogen-bond acceptors (Lipinski definition) is 5. The van der Waals surface area contributed by atoms with Gasteiger partial charge in [0.05, 0.1) is 17.9 Å². The van der Waals surface area contributed by atoms with Gasteiger partial charge in [0.25, 0.3) is 0 Å². The maximum atomic E-state index is 12.0. The Morgan fingerprint density at radius 3 is 2.67 bits per heavy atom. The maximum Gasteiger partial charge on any atom is 0.340 e. The number of methoxy groups -OCH3 is 1. The Kier molecular flexibility index (Phi) is 4.97. The highest BCUT2D eigenvalue weighted by Crippen LogP contribution is 2.22. The van der Waals surface area contributed by atoms with Gasteiger partial charge in [-0.1, -0.05) is 0 Å². The fraction of sp³-hybridized carbons (Fsp3) is 0.462. The van der Waals surface area contributed by atoms with Crippen molar-refractivity contribution in [1.29, 1.82) is 0 Å². The second-order valence-electron chi connectivity index (χ2n) is 4.34. The average molecular weight is 252 g/mol. The van der Waals surface area contributed by atoms with Gasteiger partial charge in [-0.2, -0.15) is 0 Å². The van der Waals surface area contributed by atoms with Crippen molar-refractivity contribution in [3.8, 4) is 0 Å². The van der Waals surface area contributed by atoms with Crippen molar-refractivity contribution in [2.45, 2.75) is 13.0 Å². The number of ether oxygens (including phenoxy) is 2. The summed E-state index contributed by atoms with van der Waals surface area (Å²) in [4.78, 5) is 13.9. The molecule has 0 radical (unpaired) electrons. The van der Waals surface area contributed by atoms with E-state index in [0.717, 1.165) is 5.69 Å². The number of nitrogens with zero attached hydrogens (tertiary/aromatic N) is 1. The number of carbonyl (C=O) groups excluding carboxylic acids is 1. The van der Waals surface area contributed by atoms with Gasteiger partial charge >= 0.3 is 5.97 Å². The molecule has 5 nitrogen and oxygen atoms in total. The second-order valence-corrected chi connectivity index (χ2v) is 4.34. The highest BCUT2D eigenvalue weighted by atomic mass is 16.6. The lowest BCUT2D eigenvalue weighted by molar-refractivity contribution is 0.0121. The van der Waals surface area contributed by atoms with Crippen molar-refractivity contribution in [2.75, 3.05) is 38.4 Å². The summed E-state index contributed by atoms with van der Waals surface area (Å²) in [5, 5.41) is 0. The van der Waals surface area contributed by atoms with Gasteiger partial charge in [0, 0.05) is 26.9 Å². The number of nitrogen functional groups attached to an aromatic ring is 1. The average Bonchev–Trinajstić information content (AvgIpc) is 2.28. The van der Waals surface area contributed by atoms with Crippen molar-refractivity contribution in [3.63, 3.8) is 0 Å². The van der Waals surface area contributed by atoms with Crippen molar-refractivity contribution in [1.82, 2.24) is 0 Å². The van der Waals surface area contributed by atoms with Crippen LogP contribution in [0.3, 0.4) is 0 Å². The summed E-state index contributed by atoms with van der Waals surface area (Å²) in [5.74, 6) is -0.393. The Morgan fingerprint density at radius 1 is 1.44 bits per heavy atom. The lowest BCUT2D eigenvalue weighted by atomic mass is 10.1. The van der Waals surface area contributed by atoms with Crippen LogP contribution in [-0.4, -0.2) is 39.9 Å². The minimum atomic E-state index is -0.393. The number of benzene rings is 1. The molecule has 2 N–H and O–H groups in total. The van der Waals surface area contributed by atoms with Gasteiger partial charge < -0.3 is 20.1 Å². The number of anilines is 2. The van der Waals surface area contributed by atoms with Gasteiger partial charge in [-0.15, -0.1) is 0 Å². The molecule has 0 aliphatic rings. The van der Waals surface area contributed by atoms with Crippen LogP contribution in [0.5, 0.6) is 0 Å². The molecule has 1 aromatic carbocycles. The first-order valence-electron chi connectivity index (χ1n) is 5.72. The molecule has 1 aromatic rings. The SMILES string of the molecule is COCC(C)OC(=O)c1cc(N)ccc1N(C)C. The van der Waals surface area contributed by atoms with Crippen molar-refractivity contribution < 1.29 is 14.3 Å². The van der Waals surface area contributed by atoms with Gasteiger partial charge in [-0.05, 0) is 25.1 Å². The number of carbonyl (C=O) groups is 1. The molecule has 0 saturated carbocycles. The van der Waals surface area contributed by atoms with Crippen LogP contribution in [0.25, 0.3) is 0 Å². The van der Waals surface area contributed by atoms with Crippen LogP contribution in [0.2, 0.25) is 0 Å². The first-order valence-corrected chi connectivity index (χ1v) is 5.72. The third-order valence-corrected chi connectivity index (χ3v) is 2.43. The molecule has 0 bridgehead atoms.